The molecule has 96 valence electrons. The molecule has 0 aromatic carbocycles. The number of aromatic nitrogens is 3. The standard InChI is InChI=1S/C12H22N4O/c1-5-10-11(6-2)15-16-12(14-10)13-7-9(3)8-17-4/h9H,5-8H2,1-4H3,(H,13,14,16). The van der Waals surface area contributed by atoms with E-state index in [1.54, 1.807) is 7.11 Å². The van der Waals surface area contributed by atoms with E-state index in [4.69, 9.17) is 4.74 Å². The number of ether oxygens (including phenoxy) is 1. The molecule has 0 saturated carbocycles. The van der Waals surface area contributed by atoms with Crippen LogP contribution in [0.1, 0.15) is 32.2 Å². The zero-order valence-corrected chi connectivity index (χ0v) is 11.2. The summed E-state index contributed by atoms with van der Waals surface area (Å²) in [5.74, 6) is 1.04. The number of hydrogen-bond donors (Lipinski definition) is 1. The molecule has 0 aliphatic carbocycles. The van der Waals surface area contributed by atoms with Gasteiger partial charge in [0.15, 0.2) is 0 Å². The fourth-order valence-electron chi connectivity index (χ4n) is 1.62. The molecule has 0 saturated heterocycles. The van der Waals surface area contributed by atoms with Crippen molar-refractivity contribution in [3.63, 3.8) is 0 Å². The molecule has 1 aromatic heterocycles. The molecule has 0 aliphatic heterocycles. The summed E-state index contributed by atoms with van der Waals surface area (Å²) in [5.41, 5.74) is 2.02. The first kappa shape index (κ1) is 13.8. The largest absolute Gasteiger partial charge is 0.384 e. The van der Waals surface area contributed by atoms with Crippen molar-refractivity contribution in [3.8, 4) is 0 Å². The summed E-state index contributed by atoms with van der Waals surface area (Å²) in [7, 11) is 1.71. The first-order valence-electron chi connectivity index (χ1n) is 6.16. The SMILES string of the molecule is CCc1nnc(NCC(C)COC)nc1CC. The maximum atomic E-state index is 5.08. The summed E-state index contributed by atoms with van der Waals surface area (Å²) in [5, 5.41) is 11.5. The molecule has 1 atom stereocenters. The molecule has 1 N–H and O–H groups in total. The van der Waals surface area contributed by atoms with Gasteiger partial charge in [0.25, 0.3) is 0 Å². The van der Waals surface area contributed by atoms with Crippen molar-refractivity contribution < 1.29 is 4.74 Å². The van der Waals surface area contributed by atoms with Gasteiger partial charge in [-0.25, -0.2) is 4.98 Å². The first-order chi connectivity index (χ1) is 8.21. The second-order valence-electron chi connectivity index (χ2n) is 4.18. The van der Waals surface area contributed by atoms with Crippen LogP contribution in [0.4, 0.5) is 5.95 Å². The lowest BCUT2D eigenvalue weighted by atomic mass is 10.2. The van der Waals surface area contributed by atoms with Crippen molar-refractivity contribution in [1.82, 2.24) is 15.2 Å². The van der Waals surface area contributed by atoms with Gasteiger partial charge in [-0.3, -0.25) is 0 Å². The van der Waals surface area contributed by atoms with Gasteiger partial charge in [0, 0.05) is 13.7 Å². The van der Waals surface area contributed by atoms with Gasteiger partial charge in [-0.15, -0.1) is 5.10 Å². The predicted octanol–water partition coefficient (Wildman–Crippen LogP) is 1.69. The lowest BCUT2D eigenvalue weighted by molar-refractivity contribution is 0.164. The van der Waals surface area contributed by atoms with Crippen molar-refractivity contribution in [2.24, 2.45) is 5.92 Å². The molecule has 0 aliphatic rings. The van der Waals surface area contributed by atoms with Gasteiger partial charge < -0.3 is 10.1 Å². The Hall–Kier alpha value is -1.23. The maximum absolute atomic E-state index is 5.08. The van der Waals surface area contributed by atoms with Gasteiger partial charge in [0.05, 0.1) is 18.0 Å². The van der Waals surface area contributed by atoms with Gasteiger partial charge in [-0.1, -0.05) is 20.8 Å². The molecule has 0 bridgehead atoms. The van der Waals surface area contributed by atoms with Crippen LogP contribution in [0.25, 0.3) is 0 Å². The summed E-state index contributed by atoms with van der Waals surface area (Å²) in [6.45, 7) is 7.79. The van der Waals surface area contributed by atoms with E-state index in [9.17, 15) is 0 Å². The third-order valence-corrected chi connectivity index (χ3v) is 2.57. The minimum absolute atomic E-state index is 0.430. The number of aryl methyl sites for hydroxylation is 2. The molecule has 1 aromatic rings. The Morgan fingerprint density at radius 2 is 1.88 bits per heavy atom. The van der Waals surface area contributed by atoms with Gasteiger partial charge >= 0.3 is 0 Å². The number of methoxy groups -OCH3 is 1. The lowest BCUT2D eigenvalue weighted by Gasteiger charge is -2.12. The number of rotatable bonds is 7. The average molecular weight is 238 g/mol. The summed E-state index contributed by atoms with van der Waals surface area (Å²) in [6.07, 6.45) is 1.77. The third kappa shape index (κ3) is 4.26. The summed E-state index contributed by atoms with van der Waals surface area (Å²) < 4.78 is 5.08. The molecular formula is C12H22N4O. The first-order valence-corrected chi connectivity index (χ1v) is 6.16. The molecule has 17 heavy (non-hydrogen) atoms. The van der Waals surface area contributed by atoms with E-state index in [1.807, 2.05) is 0 Å². The Bertz CT molecular complexity index is 343. The molecule has 5 nitrogen and oxygen atoms in total. The van der Waals surface area contributed by atoms with Crippen LogP contribution in [0.2, 0.25) is 0 Å². The van der Waals surface area contributed by atoms with Crippen molar-refractivity contribution in [3.05, 3.63) is 11.4 Å². The van der Waals surface area contributed by atoms with Gasteiger partial charge in [0.2, 0.25) is 5.95 Å². The van der Waals surface area contributed by atoms with Crippen molar-refractivity contribution in [2.45, 2.75) is 33.6 Å². The number of nitrogens with zero attached hydrogens (tertiary/aromatic N) is 3. The molecule has 5 heteroatoms. The maximum Gasteiger partial charge on any atom is 0.242 e. The van der Waals surface area contributed by atoms with Crippen molar-refractivity contribution >= 4 is 5.95 Å². The zero-order valence-electron chi connectivity index (χ0n) is 11.2. The van der Waals surface area contributed by atoms with Crippen molar-refractivity contribution in [1.29, 1.82) is 0 Å². The fourth-order valence-corrected chi connectivity index (χ4v) is 1.62. The average Bonchev–Trinajstić information content (AvgIpc) is 2.36. The van der Waals surface area contributed by atoms with E-state index in [0.717, 1.165) is 37.4 Å². The molecule has 0 amide bonds. The molecule has 1 heterocycles. The van der Waals surface area contributed by atoms with E-state index in [2.05, 4.69) is 41.3 Å². The van der Waals surface area contributed by atoms with Crippen LogP contribution < -0.4 is 5.32 Å². The minimum Gasteiger partial charge on any atom is -0.384 e. The number of nitrogens with one attached hydrogen (secondary N) is 1. The Kier molecular flexibility index (Phi) is 5.83. The molecule has 0 fully saturated rings. The minimum atomic E-state index is 0.430. The summed E-state index contributed by atoms with van der Waals surface area (Å²) in [6, 6.07) is 0. The summed E-state index contributed by atoms with van der Waals surface area (Å²) >= 11 is 0. The van der Waals surface area contributed by atoms with Crippen LogP contribution in [-0.4, -0.2) is 35.4 Å². The van der Waals surface area contributed by atoms with Gasteiger partial charge in [0.1, 0.15) is 0 Å². The van der Waals surface area contributed by atoms with E-state index >= 15 is 0 Å². The quantitative estimate of drug-likeness (QED) is 0.783. The van der Waals surface area contributed by atoms with E-state index in [-0.39, 0.29) is 0 Å². The van der Waals surface area contributed by atoms with Crippen LogP contribution in [0.5, 0.6) is 0 Å². The molecule has 1 rings (SSSR count). The predicted molar refractivity (Wildman–Crippen MR) is 68.1 cm³/mol. The van der Waals surface area contributed by atoms with E-state index < -0.39 is 0 Å². The van der Waals surface area contributed by atoms with Crippen LogP contribution in [-0.2, 0) is 17.6 Å². The summed E-state index contributed by atoms with van der Waals surface area (Å²) in [4.78, 5) is 4.47. The normalized spacial score (nSPS) is 12.5. The van der Waals surface area contributed by atoms with Crippen LogP contribution in [0, 0.1) is 5.92 Å². The highest BCUT2D eigenvalue weighted by Gasteiger charge is 2.07. The highest BCUT2D eigenvalue weighted by atomic mass is 16.5. The van der Waals surface area contributed by atoms with Crippen LogP contribution in [0.15, 0.2) is 0 Å². The highest BCUT2D eigenvalue weighted by Crippen LogP contribution is 2.07. The Morgan fingerprint density at radius 1 is 1.18 bits per heavy atom. The molecule has 0 radical (unpaired) electrons. The number of hydrogen-bond acceptors (Lipinski definition) is 5. The number of anilines is 1. The molecular weight excluding hydrogens is 216 g/mol. The monoisotopic (exact) mass is 238 g/mol. The van der Waals surface area contributed by atoms with Crippen LogP contribution >= 0.6 is 0 Å². The molecule has 1 unspecified atom stereocenters. The Morgan fingerprint density at radius 3 is 2.47 bits per heavy atom. The molecule has 0 spiro atoms. The smallest absolute Gasteiger partial charge is 0.242 e. The second kappa shape index (κ2) is 7.17. The van der Waals surface area contributed by atoms with E-state index in [1.165, 1.54) is 0 Å². The lowest BCUT2D eigenvalue weighted by Crippen LogP contribution is -2.18. The second-order valence-corrected chi connectivity index (χ2v) is 4.18. The zero-order chi connectivity index (χ0) is 12.7. The third-order valence-electron chi connectivity index (χ3n) is 2.57. The highest BCUT2D eigenvalue weighted by molar-refractivity contribution is 5.25. The van der Waals surface area contributed by atoms with Gasteiger partial charge in [-0.2, -0.15) is 5.10 Å². The topological polar surface area (TPSA) is 59.9 Å². The fraction of sp³-hybridized carbons (Fsp3) is 0.750. The van der Waals surface area contributed by atoms with Crippen molar-refractivity contribution in [2.75, 3.05) is 25.6 Å². The van der Waals surface area contributed by atoms with E-state index in [0.29, 0.717) is 11.9 Å². The van der Waals surface area contributed by atoms with Gasteiger partial charge in [-0.05, 0) is 18.8 Å². The Balaban J connectivity index is 2.60. The Labute approximate surface area is 103 Å². The van der Waals surface area contributed by atoms with Crippen LogP contribution in [0.3, 0.4) is 0 Å².